The molecule has 26 heavy (non-hydrogen) atoms. The van der Waals surface area contributed by atoms with Crippen LogP contribution in [0.5, 0.6) is 0 Å². The third-order valence-electron chi connectivity index (χ3n) is 3.89. The van der Waals surface area contributed by atoms with Gasteiger partial charge in [-0.05, 0) is 52.0 Å². The summed E-state index contributed by atoms with van der Waals surface area (Å²) in [6.45, 7) is 8.08. The highest BCUT2D eigenvalue weighted by Gasteiger charge is 2.13. The second-order valence-electron chi connectivity index (χ2n) is 6.32. The average Bonchev–Trinajstić information content (AvgIpc) is 2.95. The van der Waals surface area contributed by atoms with E-state index >= 15 is 0 Å². The van der Waals surface area contributed by atoms with Gasteiger partial charge in [0.25, 0.3) is 0 Å². The van der Waals surface area contributed by atoms with Gasteiger partial charge in [-0.15, -0.1) is 0 Å². The van der Waals surface area contributed by atoms with Crippen molar-refractivity contribution in [2.24, 2.45) is 9.98 Å². The molecule has 2 aromatic rings. The molecule has 1 aromatic heterocycles. The molecule has 0 radical (unpaired) electrons. The first kappa shape index (κ1) is 19.8. The van der Waals surface area contributed by atoms with Crippen LogP contribution < -0.4 is 5.32 Å². The molecule has 1 N–H and O–H groups in total. The molecule has 0 bridgehead atoms. The Hall–Kier alpha value is -2.48. The Morgan fingerprint density at radius 1 is 1.23 bits per heavy atom. The molecule has 0 atom stereocenters. The van der Waals surface area contributed by atoms with Gasteiger partial charge < -0.3 is 9.88 Å². The maximum Gasteiger partial charge on any atom is 0.222 e. The Balaban J connectivity index is 2.26. The van der Waals surface area contributed by atoms with Gasteiger partial charge in [0.05, 0.1) is 22.5 Å². The lowest BCUT2D eigenvalue weighted by atomic mass is 10.2. The van der Waals surface area contributed by atoms with Crippen LogP contribution in [-0.2, 0) is 9.84 Å². The van der Waals surface area contributed by atoms with E-state index < -0.39 is 9.84 Å². The van der Waals surface area contributed by atoms with Crippen molar-refractivity contribution < 1.29 is 8.42 Å². The van der Waals surface area contributed by atoms with E-state index in [-0.39, 0.29) is 10.9 Å². The van der Waals surface area contributed by atoms with Crippen LogP contribution in [0.3, 0.4) is 0 Å². The molecule has 1 aromatic carbocycles. The fraction of sp³-hybridized carbons (Fsp3) is 0.389. The monoisotopic (exact) mass is 375 g/mol. The summed E-state index contributed by atoms with van der Waals surface area (Å²) in [7, 11) is -1.57. The van der Waals surface area contributed by atoms with Crippen LogP contribution in [0.2, 0.25) is 0 Å². The zero-order valence-corrected chi connectivity index (χ0v) is 16.8. The average molecular weight is 375 g/mol. The number of nitrogens with zero attached hydrogens (tertiary/aromatic N) is 4. The summed E-state index contributed by atoms with van der Waals surface area (Å²) in [6.07, 6.45) is 2.99. The first-order valence-electron chi connectivity index (χ1n) is 8.27. The molecule has 7 nitrogen and oxygen atoms in total. The number of guanidine groups is 1. The Morgan fingerprint density at radius 3 is 2.35 bits per heavy atom. The predicted octanol–water partition coefficient (Wildman–Crippen LogP) is 3.08. The van der Waals surface area contributed by atoms with Crippen LogP contribution in [0, 0.1) is 6.92 Å². The molecular weight excluding hydrogens is 350 g/mol. The fourth-order valence-electron chi connectivity index (χ4n) is 2.64. The zero-order chi connectivity index (χ0) is 19.5. The first-order chi connectivity index (χ1) is 12.1. The lowest BCUT2D eigenvalue weighted by Crippen LogP contribution is -2.15. The lowest BCUT2D eigenvalue weighted by Gasteiger charge is -2.14. The van der Waals surface area contributed by atoms with Crippen molar-refractivity contribution in [3.8, 4) is 0 Å². The summed E-state index contributed by atoms with van der Waals surface area (Å²) in [5.41, 5.74) is 2.44. The van der Waals surface area contributed by atoms with Crippen LogP contribution in [0.15, 0.2) is 45.3 Å². The van der Waals surface area contributed by atoms with Gasteiger partial charge in [0, 0.05) is 25.0 Å². The summed E-state index contributed by atoms with van der Waals surface area (Å²) in [5, 5.41) is 3.10. The molecule has 2 rings (SSSR count). The van der Waals surface area contributed by atoms with Gasteiger partial charge in [0.2, 0.25) is 5.96 Å². The van der Waals surface area contributed by atoms with E-state index in [1.165, 1.54) is 6.26 Å². The van der Waals surface area contributed by atoms with Gasteiger partial charge in [0.1, 0.15) is 5.82 Å². The third kappa shape index (κ3) is 4.57. The summed E-state index contributed by atoms with van der Waals surface area (Å²) in [6, 6.07) is 6.76. The summed E-state index contributed by atoms with van der Waals surface area (Å²) < 4.78 is 25.2. The number of benzene rings is 1. The smallest absolute Gasteiger partial charge is 0.222 e. The van der Waals surface area contributed by atoms with Crippen molar-refractivity contribution in [3.05, 3.63) is 42.0 Å². The Morgan fingerprint density at radius 2 is 1.85 bits per heavy atom. The maximum atomic E-state index is 11.5. The fourth-order valence-corrected chi connectivity index (χ4v) is 3.27. The number of aliphatic imine (C=N–C) groups is 2. The highest BCUT2D eigenvalue weighted by Crippen LogP contribution is 2.16. The molecule has 0 saturated heterocycles. The molecule has 0 aliphatic carbocycles. The van der Waals surface area contributed by atoms with Crippen LogP contribution in [0.4, 0.5) is 5.69 Å². The van der Waals surface area contributed by atoms with E-state index in [4.69, 9.17) is 0 Å². The number of aryl methyl sites for hydroxylation is 1. The topological polar surface area (TPSA) is 88.7 Å². The largest absolute Gasteiger partial charge is 0.325 e. The number of anilines is 1. The summed E-state index contributed by atoms with van der Waals surface area (Å²) in [5.74, 6) is 1.37. The minimum Gasteiger partial charge on any atom is -0.325 e. The van der Waals surface area contributed by atoms with Gasteiger partial charge in [-0.3, -0.25) is 4.99 Å². The number of aromatic nitrogens is 2. The number of hydrogen-bond acceptors (Lipinski definition) is 4. The quantitative estimate of drug-likeness (QED) is 0.657. The Labute approximate surface area is 154 Å². The van der Waals surface area contributed by atoms with Crippen molar-refractivity contribution in [1.82, 2.24) is 9.55 Å². The number of sulfone groups is 1. The van der Waals surface area contributed by atoms with Gasteiger partial charge in [0.15, 0.2) is 9.84 Å². The molecule has 0 aliphatic rings. The minimum absolute atomic E-state index is 0.272. The van der Waals surface area contributed by atoms with Crippen molar-refractivity contribution in [1.29, 1.82) is 0 Å². The lowest BCUT2D eigenvalue weighted by molar-refractivity contribution is 0.579. The number of nitrogens with one attached hydrogen (secondary N) is 1. The summed E-state index contributed by atoms with van der Waals surface area (Å²) in [4.78, 5) is 13.4. The van der Waals surface area contributed by atoms with E-state index in [2.05, 4.69) is 38.7 Å². The van der Waals surface area contributed by atoms with Gasteiger partial charge in [-0.1, -0.05) is 0 Å². The van der Waals surface area contributed by atoms with Crippen LogP contribution >= 0.6 is 0 Å². The van der Waals surface area contributed by atoms with Crippen molar-refractivity contribution >= 4 is 27.2 Å². The zero-order valence-electron chi connectivity index (χ0n) is 16.0. The predicted molar refractivity (Wildman–Crippen MR) is 106 cm³/mol. The van der Waals surface area contributed by atoms with Crippen LogP contribution in [-0.4, -0.2) is 42.9 Å². The molecular formula is C18H25N5O2S. The Kier molecular flexibility index (Phi) is 5.97. The molecule has 0 amide bonds. The third-order valence-corrected chi connectivity index (χ3v) is 5.02. The van der Waals surface area contributed by atoms with E-state index in [1.807, 2.05) is 20.0 Å². The molecule has 0 saturated carbocycles. The Bertz CT molecular complexity index is 938. The van der Waals surface area contributed by atoms with Crippen LogP contribution in [0.1, 0.15) is 38.3 Å². The normalized spacial score (nSPS) is 13.3. The number of imidazole rings is 1. The molecule has 0 aliphatic heterocycles. The van der Waals surface area contributed by atoms with Gasteiger partial charge in [-0.25, -0.2) is 18.4 Å². The number of hydrogen-bond donors (Lipinski definition) is 1. The van der Waals surface area contributed by atoms with E-state index in [0.717, 1.165) is 17.2 Å². The SMILES string of the molecule is C/N=C(\N=C(/C)c1cnc(C)n1C(C)C)Nc1ccc(S(C)(=O)=O)cc1. The van der Waals surface area contributed by atoms with E-state index in [0.29, 0.717) is 11.6 Å². The van der Waals surface area contributed by atoms with E-state index in [1.54, 1.807) is 31.3 Å². The highest BCUT2D eigenvalue weighted by molar-refractivity contribution is 7.90. The summed E-state index contributed by atoms with van der Waals surface area (Å²) >= 11 is 0. The molecule has 8 heteroatoms. The highest BCUT2D eigenvalue weighted by atomic mass is 32.2. The maximum absolute atomic E-state index is 11.5. The minimum atomic E-state index is -3.21. The molecule has 0 fully saturated rings. The van der Waals surface area contributed by atoms with Gasteiger partial charge in [-0.2, -0.15) is 0 Å². The van der Waals surface area contributed by atoms with Crippen LogP contribution in [0.25, 0.3) is 0 Å². The van der Waals surface area contributed by atoms with Crippen molar-refractivity contribution in [2.45, 2.75) is 38.6 Å². The second-order valence-corrected chi connectivity index (χ2v) is 8.34. The van der Waals surface area contributed by atoms with Crippen molar-refractivity contribution in [3.63, 3.8) is 0 Å². The van der Waals surface area contributed by atoms with Crippen molar-refractivity contribution in [2.75, 3.05) is 18.6 Å². The molecule has 0 spiro atoms. The molecule has 0 unspecified atom stereocenters. The standard InChI is InChI=1S/C18H25N5O2S/c1-12(2)23-14(4)20-11-17(23)13(3)21-18(19-5)22-15-7-9-16(10-8-15)26(6,24)25/h7-12H,1-6H3,(H,19,22)/b21-13+. The number of rotatable bonds is 4. The second kappa shape index (κ2) is 7.82. The first-order valence-corrected chi connectivity index (χ1v) is 10.2. The van der Waals surface area contributed by atoms with Gasteiger partial charge >= 0.3 is 0 Å². The van der Waals surface area contributed by atoms with E-state index in [9.17, 15) is 8.42 Å². The molecule has 140 valence electrons. The molecule has 1 heterocycles.